The van der Waals surface area contributed by atoms with Crippen LogP contribution >= 0.6 is 22.9 Å². The number of nitrogens with one attached hydrogen (secondary N) is 1. The van der Waals surface area contributed by atoms with Gasteiger partial charge in [-0.2, -0.15) is 0 Å². The van der Waals surface area contributed by atoms with Gasteiger partial charge in [0.2, 0.25) is 0 Å². The number of fused-ring (bicyclic) bond motifs is 1. The second kappa shape index (κ2) is 5.55. The quantitative estimate of drug-likeness (QED) is 0.751. The Hall–Kier alpha value is -1.48. The molecule has 1 fully saturated rings. The van der Waals surface area contributed by atoms with Crippen LogP contribution in [0.15, 0.2) is 34.7 Å². The van der Waals surface area contributed by atoms with Crippen LogP contribution in [0.5, 0.6) is 0 Å². The van der Waals surface area contributed by atoms with E-state index < -0.39 is 10.0 Å². The highest BCUT2D eigenvalue weighted by molar-refractivity contribution is 7.91. The number of halogens is 1. The summed E-state index contributed by atoms with van der Waals surface area (Å²) in [6.07, 6.45) is 3.87. The SMILES string of the molecule is O=S(=O)(NCc1nc2cccnc2n1C1CC1)c1ccc(Cl)s1. The Kier molecular flexibility index (Phi) is 3.64. The lowest BCUT2D eigenvalue weighted by molar-refractivity contribution is 0.577. The molecule has 0 spiro atoms. The second-order valence-electron chi connectivity index (χ2n) is 5.36. The summed E-state index contributed by atoms with van der Waals surface area (Å²) in [4.78, 5) is 8.90. The Morgan fingerprint density at radius 2 is 2.17 bits per heavy atom. The topological polar surface area (TPSA) is 76.9 Å². The van der Waals surface area contributed by atoms with E-state index in [-0.39, 0.29) is 10.8 Å². The molecule has 0 atom stereocenters. The molecule has 0 bridgehead atoms. The fourth-order valence-electron chi connectivity index (χ4n) is 2.49. The second-order valence-corrected chi connectivity index (χ2v) is 9.07. The normalized spacial score (nSPS) is 15.3. The van der Waals surface area contributed by atoms with E-state index in [1.165, 1.54) is 6.07 Å². The van der Waals surface area contributed by atoms with Crippen molar-refractivity contribution in [1.82, 2.24) is 19.3 Å². The molecule has 0 saturated heterocycles. The van der Waals surface area contributed by atoms with Crippen LogP contribution in [0.3, 0.4) is 0 Å². The molecule has 0 aromatic carbocycles. The van der Waals surface area contributed by atoms with Crippen molar-refractivity contribution in [1.29, 1.82) is 0 Å². The number of hydrogen-bond acceptors (Lipinski definition) is 5. The summed E-state index contributed by atoms with van der Waals surface area (Å²) in [5.74, 6) is 0.687. The molecule has 0 radical (unpaired) electrons. The number of hydrogen-bond donors (Lipinski definition) is 1. The van der Waals surface area contributed by atoms with Crippen molar-refractivity contribution in [3.05, 3.63) is 40.6 Å². The number of pyridine rings is 1. The minimum absolute atomic E-state index is 0.130. The summed E-state index contributed by atoms with van der Waals surface area (Å²) in [7, 11) is -3.59. The maximum atomic E-state index is 12.3. The Labute approximate surface area is 142 Å². The minimum atomic E-state index is -3.59. The highest BCUT2D eigenvalue weighted by Crippen LogP contribution is 2.38. The van der Waals surface area contributed by atoms with Crippen molar-refractivity contribution in [2.75, 3.05) is 0 Å². The van der Waals surface area contributed by atoms with Gasteiger partial charge in [0, 0.05) is 12.2 Å². The van der Waals surface area contributed by atoms with E-state index >= 15 is 0 Å². The van der Waals surface area contributed by atoms with E-state index in [0.29, 0.717) is 16.2 Å². The molecule has 3 aromatic rings. The summed E-state index contributed by atoms with van der Waals surface area (Å²) in [5, 5.41) is 0. The van der Waals surface area contributed by atoms with Gasteiger partial charge < -0.3 is 4.57 Å². The molecule has 0 unspecified atom stereocenters. The van der Waals surface area contributed by atoms with Crippen LogP contribution in [0, 0.1) is 0 Å². The predicted molar refractivity (Wildman–Crippen MR) is 89.2 cm³/mol. The molecule has 6 nitrogen and oxygen atoms in total. The zero-order valence-corrected chi connectivity index (χ0v) is 14.3. The first-order valence-corrected chi connectivity index (χ1v) is 9.79. The van der Waals surface area contributed by atoms with Gasteiger partial charge in [-0.15, -0.1) is 11.3 Å². The first-order valence-electron chi connectivity index (χ1n) is 7.11. The molecular weight excluding hydrogens is 356 g/mol. The molecule has 3 heterocycles. The lowest BCUT2D eigenvalue weighted by Crippen LogP contribution is -2.24. The predicted octanol–water partition coefficient (Wildman–Crippen LogP) is 2.96. The number of aromatic nitrogens is 3. The maximum absolute atomic E-state index is 12.3. The van der Waals surface area contributed by atoms with Gasteiger partial charge in [-0.25, -0.2) is 23.1 Å². The largest absolute Gasteiger partial charge is 0.308 e. The summed E-state index contributed by atoms with van der Waals surface area (Å²) >= 11 is 6.85. The molecule has 9 heteroatoms. The molecule has 0 amide bonds. The van der Waals surface area contributed by atoms with Crippen LogP contribution < -0.4 is 4.72 Å². The van der Waals surface area contributed by atoms with Crippen molar-refractivity contribution >= 4 is 44.1 Å². The molecule has 1 N–H and O–H groups in total. The van der Waals surface area contributed by atoms with Crippen LogP contribution in [-0.4, -0.2) is 23.0 Å². The highest BCUT2D eigenvalue weighted by atomic mass is 35.5. The van der Waals surface area contributed by atoms with Crippen molar-refractivity contribution < 1.29 is 8.42 Å². The monoisotopic (exact) mass is 368 g/mol. The van der Waals surface area contributed by atoms with Gasteiger partial charge in [-0.05, 0) is 37.1 Å². The molecule has 1 aliphatic carbocycles. The number of sulfonamides is 1. The lowest BCUT2D eigenvalue weighted by Gasteiger charge is -2.08. The van der Waals surface area contributed by atoms with Crippen LogP contribution in [0.2, 0.25) is 4.34 Å². The average molecular weight is 369 g/mol. The molecule has 0 aliphatic heterocycles. The third-order valence-electron chi connectivity index (χ3n) is 3.67. The Bertz CT molecular complexity index is 976. The van der Waals surface area contributed by atoms with E-state index in [9.17, 15) is 8.42 Å². The molecule has 1 saturated carbocycles. The molecule has 1 aliphatic rings. The van der Waals surface area contributed by atoms with E-state index in [4.69, 9.17) is 11.6 Å². The zero-order chi connectivity index (χ0) is 16.0. The van der Waals surface area contributed by atoms with Crippen molar-refractivity contribution in [3.63, 3.8) is 0 Å². The number of rotatable bonds is 5. The van der Waals surface area contributed by atoms with Crippen LogP contribution in [0.4, 0.5) is 0 Å². The Morgan fingerprint density at radius 1 is 1.35 bits per heavy atom. The van der Waals surface area contributed by atoms with Crippen LogP contribution in [0.1, 0.15) is 24.7 Å². The van der Waals surface area contributed by atoms with Gasteiger partial charge in [-0.3, -0.25) is 0 Å². The van der Waals surface area contributed by atoms with Crippen molar-refractivity contribution in [2.45, 2.75) is 29.6 Å². The highest BCUT2D eigenvalue weighted by Gasteiger charge is 2.29. The lowest BCUT2D eigenvalue weighted by atomic mass is 10.4. The number of thiophene rings is 1. The summed E-state index contributed by atoms with van der Waals surface area (Å²) in [6, 6.07) is 7.16. The number of nitrogens with zero attached hydrogens (tertiary/aromatic N) is 3. The maximum Gasteiger partial charge on any atom is 0.250 e. The van der Waals surface area contributed by atoms with Gasteiger partial charge >= 0.3 is 0 Å². The fraction of sp³-hybridized carbons (Fsp3) is 0.286. The van der Waals surface area contributed by atoms with E-state index in [2.05, 4.69) is 14.7 Å². The van der Waals surface area contributed by atoms with Crippen molar-refractivity contribution in [2.24, 2.45) is 0 Å². The van der Waals surface area contributed by atoms with Crippen LogP contribution in [-0.2, 0) is 16.6 Å². The van der Waals surface area contributed by atoms with Crippen LogP contribution in [0.25, 0.3) is 11.2 Å². The summed E-state index contributed by atoms with van der Waals surface area (Å²) in [5.41, 5.74) is 1.59. The molecular formula is C14H13ClN4O2S2. The van der Waals surface area contributed by atoms with Crippen molar-refractivity contribution in [3.8, 4) is 0 Å². The van der Waals surface area contributed by atoms with E-state index in [1.807, 2.05) is 16.7 Å². The standard InChI is InChI=1S/C14H13ClN4O2S2/c15-11-5-6-13(22-11)23(20,21)17-8-12-18-10-2-1-7-16-14(10)19(12)9-3-4-9/h1-2,5-7,9,17H,3-4,8H2. The number of imidazole rings is 1. The van der Waals surface area contributed by atoms with Gasteiger partial charge in [0.1, 0.15) is 15.6 Å². The fourth-order valence-corrected chi connectivity index (χ4v) is 5.00. The first-order chi connectivity index (χ1) is 11.0. The Morgan fingerprint density at radius 3 is 2.87 bits per heavy atom. The van der Waals surface area contributed by atoms with Gasteiger partial charge in [-0.1, -0.05) is 11.6 Å². The zero-order valence-electron chi connectivity index (χ0n) is 11.9. The third-order valence-corrected chi connectivity index (χ3v) is 6.79. The van der Waals surface area contributed by atoms with Gasteiger partial charge in [0.15, 0.2) is 5.65 Å². The smallest absolute Gasteiger partial charge is 0.250 e. The minimum Gasteiger partial charge on any atom is -0.308 e. The van der Waals surface area contributed by atoms with E-state index in [1.54, 1.807) is 12.3 Å². The first kappa shape index (κ1) is 15.1. The molecule has 120 valence electrons. The average Bonchev–Trinajstić information content (AvgIpc) is 3.14. The molecule has 4 rings (SSSR count). The van der Waals surface area contributed by atoms with Gasteiger partial charge in [0.25, 0.3) is 10.0 Å². The molecule has 23 heavy (non-hydrogen) atoms. The van der Waals surface area contributed by atoms with Gasteiger partial charge in [0.05, 0.1) is 10.9 Å². The third kappa shape index (κ3) is 2.87. The van der Waals surface area contributed by atoms with E-state index in [0.717, 1.165) is 35.3 Å². The summed E-state index contributed by atoms with van der Waals surface area (Å²) < 4.78 is 29.9. The Balaban J connectivity index is 1.64. The molecule has 3 aromatic heterocycles. The summed E-state index contributed by atoms with van der Waals surface area (Å²) in [6.45, 7) is 0.130.